The monoisotopic (exact) mass is 272 g/mol. The molecule has 0 aliphatic carbocycles. The molecule has 0 aromatic carbocycles. The molecule has 0 aromatic heterocycles. The second kappa shape index (κ2) is 8.41. The lowest BCUT2D eigenvalue weighted by molar-refractivity contribution is 0.0193. The first-order valence-corrected chi connectivity index (χ1v) is 7.34. The summed E-state index contributed by atoms with van der Waals surface area (Å²) in [6, 6.07) is 0.154. The Labute approximate surface area is 118 Å². The van der Waals surface area contributed by atoms with Crippen molar-refractivity contribution < 1.29 is 9.53 Å². The Hall–Kier alpha value is -0.770. The van der Waals surface area contributed by atoms with Gasteiger partial charge in [0.1, 0.15) is 5.60 Å². The highest BCUT2D eigenvalue weighted by molar-refractivity contribution is 5.68. The maximum atomic E-state index is 12.0. The third-order valence-corrected chi connectivity index (χ3v) is 2.68. The molecule has 0 saturated heterocycles. The SMILES string of the molecule is CC(C)CCNCCN(C(=O)OC(C)(C)C)C(C)C. The number of carbonyl (C=O) groups is 1. The van der Waals surface area contributed by atoms with Crippen molar-refractivity contribution in [3.63, 3.8) is 0 Å². The van der Waals surface area contributed by atoms with Crippen LogP contribution in [0.15, 0.2) is 0 Å². The van der Waals surface area contributed by atoms with E-state index < -0.39 is 5.60 Å². The molecule has 1 N–H and O–H groups in total. The van der Waals surface area contributed by atoms with Gasteiger partial charge in [-0.05, 0) is 53.5 Å². The van der Waals surface area contributed by atoms with Crippen LogP contribution in [0, 0.1) is 5.92 Å². The van der Waals surface area contributed by atoms with Crippen LogP contribution in [0.2, 0.25) is 0 Å². The molecule has 0 saturated carbocycles. The van der Waals surface area contributed by atoms with Crippen LogP contribution >= 0.6 is 0 Å². The van der Waals surface area contributed by atoms with Crippen LogP contribution in [0.3, 0.4) is 0 Å². The molecule has 0 heterocycles. The molecule has 0 fully saturated rings. The van der Waals surface area contributed by atoms with Crippen LogP contribution in [0.25, 0.3) is 0 Å². The molecule has 114 valence electrons. The first-order valence-electron chi connectivity index (χ1n) is 7.34. The van der Waals surface area contributed by atoms with E-state index in [4.69, 9.17) is 4.74 Å². The summed E-state index contributed by atoms with van der Waals surface area (Å²) in [5.74, 6) is 0.708. The van der Waals surface area contributed by atoms with Crippen molar-refractivity contribution in [1.82, 2.24) is 10.2 Å². The van der Waals surface area contributed by atoms with Gasteiger partial charge in [-0.2, -0.15) is 0 Å². The van der Waals surface area contributed by atoms with E-state index >= 15 is 0 Å². The summed E-state index contributed by atoms with van der Waals surface area (Å²) in [6.45, 7) is 16.6. The van der Waals surface area contributed by atoms with Crippen molar-refractivity contribution in [2.45, 2.75) is 66.5 Å². The van der Waals surface area contributed by atoms with E-state index in [1.54, 1.807) is 4.90 Å². The average Bonchev–Trinajstić information content (AvgIpc) is 2.19. The van der Waals surface area contributed by atoms with Gasteiger partial charge in [0.05, 0.1) is 0 Å². The van der Waals surface area contributed by atoms with Crippen LogP contribution in [0.5, 0.6) is 0 Å². The topological polar surface area (TPSA) is 41.6 Å². The number of carbonyl (C=O) groups excluding carboxylic acids is 1. The highest BCUT2D eigenvalue weighted by Gasteiger charge is 2.23. The zero-order valence-electron chi connectivity index (χ0n) is 13.7. The molecule has 0 aliphatic heterocycles. The smallest absolute Gasteiger partial charge is 0.410 e. The molecular weight excluding hydrogens is 240 g/mol. The fourth-order valence-corrected chi connectivity index (χ4v) is 1.60. The maximum absolute atomic E-state index is 12.0. The molecule has 4 heteroatoms. The van der Waals surface area contributed by atoms with E-state index in [9.17, 15) is 4.79 Å². The fraction of sp³-hybridized carbons (Fsp3) is 0.933. The van der Waals surface area contributed by atoms with Gasteiger partial charge in [-0.15, -0.1) is 0 Å². The van der Waals surface area contributed by atoms with Gasteiger partial charge in [-0.1, -0.05) is 13.8 Å². The second-order valence-corrected chi connectivity index (χ2v) is 6.70. The van der Waals surface area contributed by atoms with Crippen LogP contribution in [0.1, 0.15) is 54.9 Å². The van der Waals surface area contributed by atoms with Crippen molar-refractivity contribution in [1.29, 1.82) is 0 Å². The fourth-order valence-electron chi connectivity index (χ4n) is 1.60. The molecule has 0 bridgehead atoms. The summed E-state index contributed by atoms with van der Waals surface area (Å²) in [6.07, 6.45) is 0.932. The summed E-state index contributed by atoms with van der Waals surface area (Å²) >= 11 is 0. The lowest BCUT2D eigenvalue weighted by Crippen LogP contribution is -2.44. The summed E-state index contributed by atoms with van der Waals surface area (Å²) in [5.41, 5.74) is -0.435. The van der Waals surface area contributed by atoms with Crippen molar-refractivity contribution in [3.05, 3.63) is 0 Å². The normalized spacial score (nSPS) is 12.1. The predicted molar refractivity (Wildman–Crippen MR) is 80.4 cm³/mol. The van der Waals surface area contributed by atoms with Gasteiger partial charge in [-0.25, -0.2) is 4.79 Å². The Morgan fingerprint density at radius 1 is 1.16 bits per heavy atom. The summed E-state index contributed by atoms with van der Waals surface area (Å²) in [7, 11) is 0. The molecule has 0 spiro atoms. The van der Waals surface area contributed by atoms with Crippen molar-refractivity contribution >= 4 is 6.09 Å². The minimum Gasteiger partial charge on any atom is -0.444 e. The van der Waals surface area contributed by atoms with E-state index in [1.807, 2.05) is 34.6 Å². The number of amides is 1. The lowest BCUT2D eigenvalue weighted by Gasteiger charge is -2.30. The molecule has 1 amide bonds. The van der Waals surface area contributed by atoms with Gasteiger partial charge in [-0.3, -0.25) is 0 Å². The van der Waals surface area contributed by atoms with Crippen molar-refractivity contribution in [2.75, 3.05) is 19.6 Å². The minimum absolute atomic E-state index is 0.154. The Bertz CT molecular complexity index is 257. The Morgan fingerprint density at radius 3 is 2.16 bits per heavy atom. The second-order valence-electron chi connectivity index (χ2n) is 6.70. The molecule has 0 atom stereocenters. The average molecular weight is 272 g/mol. The Kier molecular flexibility index (Phi) is 8.07. The standard InChI is InChI=1S/C15H32N2O2/c1-12(2)8-9-16-10-11-17(13(3)4)14(18)19-15(5,6)7/h12-13,16H,8-11H2,1-7H3. The molecule has 4 nitrogen and oxygen atoms in total. The van der Waals surface area contributed by atoms with Gasteiger partial charge in [0.15, 0.2) is 0 Å². The zero-order valence-corrected chi connectivity index (χ0v) is 13.7. The summed E-state index contributed by atoms with van der Waals surface area (Å²) in [4.78, 5) is 13.8. The molecule has 0 rings (SSSR count). The molecule has 0 aromatic rings. The van der Waals surface area contributed by atoms with Crippen molar-refractivity contribution in [3.8, 4) is 0 Å². The largest absolute Gasteiger partial charge is 0.444 e. The third-order valence-electron chi connectivity index (χ3n) is 2.68. The van der Waals surface area contributed by atoms with Gasteiger partial charge < -0.3 is 15.0 Å². The number of hydrogen-bond acceptors (Lipinski definition) is 3. The highest BCUT2D eigenvalue weighted by atomic mass is 16.6. The zero-order chi connectivity index (χ0) is 15.1. The van der Waals surface area contributed by atoms with Crippen LogP contribution in [0.4, 0.5) is 4.79 Å². The van der Waals surface area contributed by atoms with E-state index in [0.717, 1.165) is 19.5 Å². The first kappa shape index (κ1) is 18.2. The van der Waals surface area contributed by atoms with Gasteiger partial charge in [0.2, 0.25) is 0 Å². The van der Waals surface area contributed by atoms with Gasteiger partial charge in [0, 0.05) is 19.1 Å². The van der Waals surface area contributed by atoms with Crippen LogP contribution < -0.4 is 5.32 Å². The third kappa shape index (κ3) is 9.77. The van der Waals surface area contributed by atoms with E-state index in [1.165, 1.54) is 0 Å². The summed E-state index contributed by atoms with van der Waals surface area (Å²) in [5, 5.41) is 3.37. The predicted octanol–water partition coefficient (Wildman–Crippen LogP) is 3.27. The van der Waals surface area contributed by atoms with Crippen LogP contribution in [-0.2, 0) is 4.74 Å². The number of ether oxygens (including phenoxy) is 1. The van der Waals surface area contributed by atoms with Crippen molar-refractivity contribution in [2.24, 2.45) is 5.92 Å². The summed E-state index contributed by atoms with van der Waals surface area (Å²) < 4.78 is 5.42. The molecule has 0 aliphatic rings. The molecular formula is C15H32N2O2. The number of nitrogens with one attached hydrogen (secondary N) is 1. The number of rotatable bonds is 7. The number of hydrogen-bond donors (Lipinski definition) is 1. The Balaban J connectivity index is 4.09. The lowest BCUT2D eigenvalue weighted by atomic mass is 10.1. The van der Waals surface area contributed by atoms with E-state index in [-0.39, 0.29) is 12.1 Å². The quantitative estimate of drug-likeness (QED) is 0.723. The van der Waals surface area contributed by atoms with E-state index in [2.05, 4.69) is 19.2 Å². The first-order chi connectivity index (χ1) is 8.63. The van der Waals surface area contributed by atoms with Gasteiger partial charge >= 0.3 is 6.09 Å². The minimum atomic E-state index is -0.435. The van der Waals surface area contributed by atoms with E-state index in [0.29, 0.717) is 12.5 Å². The number of nitrogens with zero attached hydrogens (tertiary/aromatic N) is 1. The molecule has 0 unspecified atom stereocenters. The Morgan fingerprint density at radius 2 is 1.74 bits per heavy atom. The van der Waals surface area contributed by atoms with Gasteiger partial charge in [0.25, 0.3) is 0 Å². The maximum Gasteiger partial charge on any atom is 0.410 e. The molecule has 0 radical (unpaired) electrons. The highest BCUT2D eigenvalue weighted by Crippen LogP contribution is 2.11. The molecule has 19 heavy (non-hydrogen) atoms. The van der Waals surface area contributed by atoms with Crippen LogP contribution in [-0.4, -0.2) is 42.3 Å².